The number of pyridine rings is 1. The van der Waals surface area contributed by atoms with Gasteiger partial charge in [0, 0.05) is 10.7 Å². The van der Waals surface area contributed by atoms with Gasteiger partial charge in [-0.05, 0) is 67.2 Å². The molecule has 0 aliphatic carbocycles. The fourth-order valence-electron chi connectivity index (χ4n) is 2.17. The fourth-order valence-corrected chi connectivity index (χ4v) is 2.61. The van der Waals surface area contributed by atoms with E-state index in [2.05, 4.69) is 31.5 Å². The smallest absolute Gasteiger partial charge is 0.245 e. The topological polar surface area (TPSA) is 54.0 Å². The largest absolute Gasteiger partial charge is 0.309 e. The van der Waals surface area contributed by atoms with Crippen LogP contribution in [0.4, 0.5) is 5.82 Å². The molecule has 2 heterocycles. The van der Waals surface area contributed by atoms with Crippen LogP contribution in [0.5, 0.6) is 0 Å². The van der Waals surface area contributed by atoms with Gasteiger partial charge in [0.2, 0.25) is 5.91 Å². The van der Waals surface area contributed by atoms with Gasteiger partial charge in [-0.25, -0.2) is 4.98 Å². The summed E-state index contributed by atoms with van der Waals surface area (Å²) in [7, 11) is 0. The lowest BCUT2D eigenvalue weighted by atomic mass is 9.90. The Morgan fingerprint density at radius 1 is 1.56 bits per heavy atom. The van der Waals surface area contributed by atoms with Gasteiger partial charge < -0.3 is 10.6 Å². The summed E-state index contributed by atoms with van der Waals surface area (Å²) in [6.45, 7) is 4.79. The van der Waals surface area contributed by atoms with E-state index in [-0.39, 0.29) is 5.91 Å². The van der Waals surface area contributed by atoms with Crippen LogP contribution in [0.2, 0.25) is 0 Å². The van der Waals surface area contributed by atoms with Gasteiger partial charge in [0.05, 0.1) is 5.54 Å². The average Bonchev–Trinajstić information content (AvgIpc) is 2.33. The maximum atomic E-state index is 12.3. The molecule has 1 atom stereocenters. The van der Waals surface area contributed by atoms with E-state index in [4.69, 9.17) is 0 Å². The van der Waals surface area contributed by atoms with Crippen LogP contribution < -0.4 is 10.6 Å². The number of aryl methyl sites for hydroxylation is 1. The van der Waals surface area contributed by atoms with Crippen LogP contribution in [0.15, 0.2) is 16.7 Å². The van der Waals surface area contributed by atoms with E-state index >= 15 is 0 Å². The van der Waals surface area contributed by atoms with Crippen molar-refractivity contribution >= 4 is 27.7 Å². The van der Waals surface area contributed by atoms with Crippen LogP contribution in [-0.2, 0) is 4.79 Å². The first-order valence-electron chi connectivity index (χ1n) is 6.20. The molecule has 1 unspecified atom stereocenters. The lowest BCUT2D eigenvalue weighted by Crippen LogP contribution is -2.54. The monoisotopic (exact) mass is 311 g/mol. The van der Waals surface area contributed by atoms with E-state index in [1.54, 1.807) is 6.20 Å². The minimum atomic E-state index is -0.473. The first-order valence-corrected chi connectivity index (χ1v) is 6.99. The molecule has 1 saturated heterocycles. The van der Waals surface area contributed by atoms with E-state index in [1.807, 2.05) is 19.9 Å². The Labute approximate surface area is 116 Å². The second-order valence-corrected chi connectivity index (χ2v) is 5.90. The molecular formula is C13H18BrN3O. The molecule has 5 heteroatoms. The molecule has 0 spiro atoms. The van der Waals surface area contributed by atoms with Gasteiger partial charge in [-0.2, -0.15) is 0 Å². The second kappa shape index (κ2) is 5.36. The first kappa shape index (κ1) is 13.5. The summed E-state index contributed by atoms with van der Waals surface area (Å²) >= 11 is 3.36. The SMILES string of the molecule is Cc1cc(Br)cnc1NC(=O)C1(C)CCCCN1. The number of nitrogens with one attached hydrogen (secondary N) is 2. The molecule has 98 valence electrons. The Balaban J connectivity index is 2.11. The summed E-state index contributed by atoms with van der Waals surface area (Å²) in [5.41, 5.74) is 0.483. The maximum Gasteiger partial charge on any atom is 0.245 e. The minimum absolute atomic E-state index is 0.000113. The van der Waals surface area contributed by atoms with Crippen LogP contribution in [0.1, 0.15) is 31.7 Å². The standard InChI is InChI=1S/C13H18BrN3O/c1-9-7-10(14)8-15-11(9)17-12(18)13(2)5-3-4-6-16-13/h7-8,16H,3-6H2,1-2H3,(H,15,17,18). The third kappa shape index (κ3) is 2.90. The lowest BCUT2D eigenvalue weighted by molar-refractivity contribution is -0.122. The van der Waals surface area contributed by atoms with Crippen LogP contribution in [0, 0.1) is 6.92 Å². The zero-order valence-electron chi connectivity index (χ0n) is 10.7. The van der Waals surface area contributed by atoms with Crippen LogP contribution >= 0.6 is 15.9 Å². The summed E-state index contributed by atoms with van der Waals surface area (Å²) in [4.78, 5) is 16.5. The van der Waals surface area contributed by atoms with E-state index in [1.165, 1.54) is 0 Å². The van der Waals surface area contributed by atoms with Crippen molar-refractivity contribution in [3.63, 3.8) is 0 Å². The number of carbonyl (C=O) groups is 1. The van der Waals surface area contributed by atoms with Gasteiger partial charge >= 0.3 is 0 Å². The van der Waals surface area contributed by atoms with Crippen molar-refractivity contribution in [1.82, 2.24) is 10.3 Å². The van der Waals surface area contributed by atoms with Crippen molar-refractivity contribution in [2.45, 2.75) is 38.6 Å². The number of carbonyl (C=O) groups excluding carboxylic acids is 1. The highest BCUT2D eigenvalue weighted by molar-refractivity contribution is 9.10. The number of hydrogen-bond donors (Lipinski definition) is 2. The number of amides is 1. The molecule has 0 radical (unpaired) electrons. The van der Waals surface area contributed by atoms with E-state index in [0.717, 1.165) is 35.8 Å². The summed E-state index contributed by atoms with van der Waals surface area (Å²) in [6, 6.07) is 1.94. The molecular weight excluding hydrogens is 294 g/mol. The fraction of sp³-hybridized carbons (Fsp3) is 0.538. The van der Waals surface area contributed by atoms with Crippen molar-refractivity contribution in [3.8, 4) is 0 Å². The minimum Gasteiger partial charge on any atom is -0.309 e. The van der Waals surface area contributed by atoms with Gasteiger partial charge in [0.1, 0.15) is 5.82 Å². The molecule has 2 rings (SSSR count). The molecule has 1 aliphatic rings. The predicted molar refractivity (Wildman–Crippen MR) is 75.6 cm³/mol. The number of halogens is 1. The number of aromatic nitrogens is 1. The molecule has 1 amide bonds. The third-order valence-corrected chi connectivity index (χ3v) is 3.83. The molecule has 1 aliphatic heterocycles. The highest BCUT2D eigenvalue weighted by Crippen LogP contribution is 2.22. The van der Waals surface area contributed by atoms with Crippen molar-refractivity contribution in [1.29, 1.82) is 0 Å². The van der Waals surface area contributed by atoms with Crippen molar-refractivity contribution in [2.24, 2.45) is 0 Å². The van der Waals surface area contributed by atoms with Gasteiger partial charge in [0.15, 0.2) is 0 Å². The number of anilines is 1. The van der Waals surface area contributed by atoms with Crippen LogP contribution in [-0.4, -0.2) is 23.0 Å². The van der Waals surface area contributed by atoms with Crippen LogP contribution in [0.25, 0.3) is 0 Å². The van der Waals surface area contributed by atoms with Crippen molar-refractivity contribution < 1.29 is 4.79 Å². The lowest BCUT2D eigenvalue weighted by Gasteiger charge is -2.33. The Bertz CT molecular complexity index is 456. The molecule has 0 aromatic carbocycles. The molecule has 18 heavy (non-hydrogen) atoms. The Morgan fingerprint density at radius 2 is 2.33 bits per heavy atom. The quantitative estimate of drug-likeness (QED) is 0.883. The highest BCUT2D eigenvalue weighted by atomic mass is 79.9. The van der Waals surface area contributed by atoms with Gasteiger partial charge in [-0.15, -0.1) is 0 Å². The summed E-state index contributed by atoms with van der Waals surface area (Å²) < 4.78 is 0.917. The number of hydrogen-bond acceptors (Lipinski definition) is 3. The normalized spacial score (nSPS) is 23.7. The highest BCUT2D eigenvalue weighted by Gasteiger charge is 2.34. The Kier molecular flexibility index (Phi) is 4.02. The molecule has 0 saturated carbocycles. The molecule has 2 N–H and O–H groups in total. The van der Waals surface area contributed by atoms with E-state index in [0.29, 0.717) is 5.82 Å². The van der Waals surface area contributed by atoms with Gasteiger partial charge in [0.25, 0.3) is 0 Å². The van der Waals surface area contributed by atoms with Gasteiger partial charge in [-0.3, -0.25) is 4.79 Å². The zero-order valence-corrected chi connectivity index (χ0v) is 12.3. The zero-order chi connectivity index (χ0) is 13.2. The Morgan fingerprint density at radius 3 is 2.94 bits per heavy atom. The Hall–Kier alpha value is -0.940. The molecule has 0 bridgehead atoms. The number of nitrogens with zero attached hydrogens (tertiary/aromatic N) is 1. The number of piperidine rings is 1. The van der Waals surface area contributed by atoms with E-state index in [9.17, 15) is 4.79 Å². The average molecular weight is 312 g/mol. The molecule has 1 fully saturated rings. The molecule has 4 nitrogen and oxygen atoms in total. The van der Waals surface area contributed by atoms with E-state index < -0.39 is 5.54 Å². The van der Waals surface area contributed by atoms with Crippen LogP contribution in [0.3, 0.4) is 0 Å². The molecule has 1 aromatic heterocycles. The third-order valence-electron chi connectivity index (χ3n) is 3.40. The van der Waals surface area contributed by atoms with Gasteiger partial charge in [-0.1, -0.05) is 0 Å². The maximum absolute atomic E-state index is 12.3. The molecule has 1 aromatic rings. The van der Waals surface area contributed by atoms with Crippen molar-refractivity contribution in [3.05, 3.63) is 22.3 Å². The first-order chi connectivity index (χ1) is 8.51. The summed E-state index contributed by atoms with van der Waals surface area (Å²) in [5, 5.41) is 6.21. The second-order valence-electron chi connectivity index (χ2n) is 4.99. The summed E-state index contributed by atoms with van der Waals surface area (Å²) in [6.07, 6.45) is 4.79. The van der Waals surface area contributed by atoms with Crippen molar-refractivity contribution in [2.75, 3.05) is 11.9 Å². The number of rotatable bonds is 2. The summed E-state index contributed by atoms with van der Waals surface area (Å²) in [5.74, 6) is 0.636. The predicted octanol–water partition coefficient (Wildman–Crippen LogP) is 2.62.